The first-order chi connectivity index (χ1) is 15.1. The third kappa shape index (κ3) is 5.76. The van der Waals surface area contributed by atoms with Crippen molar-refractivity contribution in [3.63, 3.8) is 0 Å². The Labute approximate surface area is 182 Å². The molecule has 7 nitrogen and oxygen atoms in total. The molecule has 2 amide bonds. The third-order valence-electron chi connectivity index (χ3n) is 5.59. The fourth-order valence-electron chi connectivity index (χ4n) is 3.55. The van der Waals surface area contributed by atoms with E-state index in [4.69, 9.17) is 9.47 Å². The van der Waals surface area contributed by atoms with Gasteiger partial charge in [0.15, 0.2) is 0 Å². The highest BCUT2D eigenvalue weighted by Crippen LogP contribution is 2.32. The molecular weight excluding hydrogens is 394 g/mol. The quantitative estimate of drug-likeness (QED) is 0.568. The lowest BCUT2D eigenvalue weighted by Crippen LogP contribution is -2.23. The predicted octanol–water partition coefficient (Wildman–Crippen LogP) is 3.95. The van der Waals surface area contributed by atoms with Crippen LogP contribution in [-0.2, 0) is 14.3 Å². The van der Waals surface area contributed by atoms with Crippen LogP contribution in [0.1, 0.15) is 31.2 Å². The molecule has 0 radical (unpaired) electrons. The topological polar surface area (TPSA) is 88.7 Å². The van der Waals surface area contributed by atoms with Crippen molar-refractivity contribution in [2.24, 2.45) is 5.92 Å². The number of ether oxygens (including phenoxy) is 2. The van der Waals surface area contributed by atoms with E-state index in [2.05, 4.69) is 16.0 Å². The van der Waals surface area contributed by atoms with Gasteiger partial charge in [-0.05, 0) is 62.4 Å². The zero-order valence-corrected chi connectivity index (χ0v) is 17.8. The van der Waals surface area contributed by atoms with Crippen molar-refractivity contribution in [3.8, 4) is 5.75 Å². The summed E-state index contributed by atoms with van der Waals surface area (Å²) < 4.78 is 11.5. The number of hydrogen-bond acceptors (Lipinski definition) is 5. The summed E-state index contributed by atoms with van der Waals surface area (Å²) in [5.41, 5.74) is 3.02. The fraction of sp³-hybridized carbons (Fsp3) is 0.417. The lowest BCUT2D eigenvalue weighted by atomic mass is 10.1. The maximum Gasteiger partial charge on any atom is 0.243 e. The smallest absolute Gasteiger partial charge is 0.243 e. The van der Waals surface area contributed by atoms with Gasteiger partial charge in [0.2, 0.25) is 11.8 Å². The number of hydrogen-bond donors (Lipinski definition) is 3. The monoisotopic (exact) mass is 423 g/mol. The van der Waals surface area contributed by atoms with Crippen LogP contribution in [0.5, 0.6) is 5.75 Å². The first kappa shape index (κ1) is 21.2. The zero-order chi connectivity index (χ0) is 21.6. The Morgan fingerprint density at radius 2 is 1.74 bits per heavy atom. The van der Waals surface area contributed by atoms with Gasteiger partial charge in [-0.15, -0.1) is 0 Å². The van der Waals surface area contributed by atoms with Gasteiger partial charge in [0.25, 0.3) is 0 Å². The molecule has 164 valence electrons. The third-order valence-corrected chi connectivity index (χ3v) is 5.59. The highest BCUT2D eigenvalue weighted by Gasteiger charge is 2.29. The predicted molar refractivity (Wildman–Crippen MR) is 121 cm³/mol. The van der Waals surface area contributed by atoms with Gasteiger partial charge in [-0.1, -0.05) is 18.2 Å². The molecule has 1 heterocycles. The summed E-state index contributed by atoms with van der Waals surface area (Å²) in [7, 11) is 0. The van der Waals surface area contributed by atoms with Crippen LogP contribution in [0.3, 0.4) is 0 Å². The van der Waals surface area contributed by atoms with Crippen LogP contribution in [0.2, 0.25) is 0 Å². The lowest BCUT2D eigenvalue weighted by molar-refractivity contribution is -0.117. The molecule has 1 unspecified atom stereocenters. The second-order valence-electron chi connectivity index (χ2n) is 8.09. The van der Waals surface area contributed by atoms with Crippen LogP contribution in [0.25, 0.3) is 0 Å². The molecule has 2 aromatic carbocycles. The average Bonchev–Trinajstić information content (AvgIpc) is 3.50. The number of rotatable bonds is 9. The summed E-state index contributed by atoms with van der Waals surface area (Å²) in [6.07, 6.45) is 4.11. The van der Waals surface area contributed by atoms with Crippen LogP contribution >= 0.6 is 0 Å². The van der Waals surface area contributed by atoms with Crippen molar-refractivity contribution in [1.82, 2.24) is 0 Å². The Morgan fingerprint density at radius 1 is 1.00 bits per heavy atom. The molecule has 0 bridgehead atoms. The van der Waals surface area contributed by atoms with Gasteiger partial charge in [-0.3, -0.25) is 9.59 Å². The molecule has 2 fully saturated rings. The van der Waals surface area contributed by atoms with Gasteiger partial charge in [-0.25, -0.2) is 0 Å². The first-order valence-corrected chi connectivity index (χ1v) is 10.9. The van der Waals surface area contributed by atoms with Crippen molar-refractivity contribution >= 4 is 28.9 Å². The first-order valence-electron chi connectivity index (χ1n) is 10.9. The Bertz CT molecular complexity index is 936. The zero-order valence-electron chi connectivity index (χ0n) is 17.8. The number of amides is 2. The Balaban J connectivity index is 1.32. The van der Waals surface area contributed by atoms with Crippen molar-refractivity contribution < 1.29 is 19.1 Å². The fourth-order valence-corrected chi connectivity index (χ4v) is 3.55. The molecule has 4 rings (SSSR count). The molecule has 0 aromatic heterocycles. The van der Waals surface area contributed by atoms with E-state index in [0.29, 0.717) is 18.0 Å². The molecule has 0 spiro atoms. The van der Waals surface area contributed by atoms with Crippen molar-refractivity contribution in [2.75, 3.05) is 35.7 Å². The van der Waals surface area contributed by atoms with E-state index in [1.165, 1.54) is 0 Å². The lowest BCUT2D eigenvalue weighted by Gasteiger charge is -2.16. The highest BCUT2D eigenvalue weighted by molar-refractivity contribution is 5.98. The normalized spacial score (nSPS) is 17.8. The van der Waals surface area contributed by atoms with Crippen molar-refractivity contribution in [2.45, 2.75) is 38.7 Å². The summed E-state index contributed by atoms with van der Waals surface area (Å²) in [5.74, 6) is 0.701. The average molecular weight is 424 g/mol. The maximum absolute atomic E-state index is 12.5. The summed E-state index contributed by atoms with van der Waals surface area (Å²) in [6, 6.07) is 13.1. The maximum atomic E-state index is 12.5. The van der Waals surface area contributed by atoms with Crippen LogP contribution < -0.4 is 20.7 Å². The highest BCUT2D eigenvalue weighted by atomic mass is 16.5. The molecule has 7 heteroatoms. The van der Waals surface area contributed by atoms with Crippen molar-refractivity contribution in [1.29, 1.82) is 0 Å². The molecule has 2 aliphatic rings. The van der Waals surface area contributed by atoms with E-state index in [0.717, 1.165) is 49.2 Å². The molecule has 1 aliphatic carbocycles. The van der Waals surface area contributed by atoms with Crippen molar-refractivity contribution in [3.05, 3.63) is 48.0 Å². The van der Waals surface area contributed by atoms with Crippen LogP contribution in [0.4, 0.5) is 17.1 Å². The van der Waals surface area contributed by atoms with E-state index >= 15 is 0 Å². The molecule has 2 aromatic rings. The number of anilines is 3. The summed E-state index contributed by atoms with van der Waals surface area (Å²) in [4.78, 5) is 24.6. The van der Waals surface area contributed by atoms with E-state index in [9.17, 15) is 9.59 Å². The molecule has 1 saturated carbocycles. The second-order valence-corrected chi connectivity index (χ2v) is 8.09. The van der Waals surface area contributed by atoms with Gasteiger partial charge >= 0.3 is 0 Å². The SMILES string of the molecule is Cc1c(NC(=O)CNc2ccccc2OCC2CCCO2)cccc1NC(=O)C1CC1. The minimum atomic E-state index is -0.178. The summed E-state index contributed by atoms with van der Waals surface area (Å²) >= 11 is 0. The molecular formula is C24H29N3O4. The van der Waals surface area contributed by atoms with E-state index in [-0.39, 0.29) is 30.4 Å². The van der Waals surface area contributed by atoms with Gasteiger partial charge in [0.1, 0.15) is 12.4 Å². The largest absolute Gasteiger partial charge is 0.489 e. The minimum Gasteiger partial charge on any atom is -0.489 e. The van der Waals surface area contributed by atoms with Gasteiger partial charge < -0.3 is 25.4 Å². The van der Waals surface area contributed by atoms with E-state index in [1.807, 2.05) is 49.4 Å². The van der Waals surface area contributed by atoms with Crippen LogP contribution in [-0.4, -0.2) is 37.7 Å². The Hall–Kier alpha value is -3.06. The molecule has 1 atom stereocenters. The van der Waals surface area contributed by atoms with E-state index < -0.39 is 0 Å². The number of benzene rings is 2. The Morgan fingerprint density at radius 3 is 2.48 bits per heavy atom. The van der Waals surface area contributed by atoms with Crippen LogP contribution in [0, 0.1) is 12.8 Å². The molecule has 3 N–H and O–H groups in total. The molecule has 1 saturated heterocycles. The standard InChI is InChI=1S/C24H29N3O4/c1-16-19(8-4-9-20(16)27-24(29)17-11-12-17)26-23(28)14-25-21-7-2-3-10-22(21)31-15-18-6-5-13-30-18/h2-4,7-10,17-18,25H,5-6,11-15H2,1H3,(H,26,28)(H,27,29). The van der Waals surface area contributed by atoms with Gasteiger partial charge in [0.05, 0.1) is 18.3 Å². The van der Waals surface area contributed by atoms with E-state index in [1.54, 1.807) is 0 Å². The van der Waals surface area contributed by atoms with Gasteiger partial charge in [-0.2, -0.15) is 0 Å². The Kier molecular flexibility index (Phi) is 6.72. The number of nitrogens with one attached hydrogen (secondary N) is 3. The second kappa shape index (κ2) is 9.83. The number of carbonyl (C=O) groups excluding carboxylic acids is 2. The number of para-hydroxylation sites is 2. The summed E-state index contributed by atoms with van der Waals surface area (Å²) in [6.45, 7) is 3.28. The summed E-state index contributed by atoms with van der Waals surface area (Å²) in [5, 5.41) is 9.03. The molecule has 1 aliphatic heterocycles. The number of carbonyl (C=O) groups is 2. The van der Waals surface area contributed by atoms with Gasteiger partial charge in [0, 0.05) is 23.9 Å². The molecule has 31 heavy (non-hydrogen) atoms. The minimum absolute atomic E-state index is 0.0489. The van der Waals surface area contributed by atoms with Crippen LogP contribution in [0.15, 0.2) is 42.5 Å².